The van der Waals surface area contributed by atoms with Gasteiger partial charge in [0.1, 0.15) is 0 Å². The van der Waals surface area contributed by atoms with Crippen LogP contribution >= 0.6 is 31.9 Å². The molecule has 0 N–H and O–H groups in total. The Morgan fingerprint density at radius 3 is 2.00 bits per heavy atom. The summed E-state index contributed by atoms with van der Waals surface area (Å²) >= 11 is 4.89. The van der Waals surface area contributed by atoms with Gasteiger partial charge in [0.2, 0.25) is 0 Å². The zero-order valence-corrected chi connectivity index (χ0v) is 6.47. The van der Waals surface area contributed by atoms with Crippen molar-refractivity contribution in [1.82, 2.24) is 0 Å². The van der Waals surface area contributed by atoms with E-state index in [0.717, 1.165) is 0 Å². The van der Waals surface area contributed by atoms with E-state index in [1.807, 2.05) is 0 Å². The first-order valence-electron chi connectivity index (χ1n) is 1.55. The molecular weight excluding hydrogens is 234 g/mol. The lowest BCUT2D eigenvalue weighted by atomic mass is 10.5. The molecule has 0 amide bonds. The lowest BCUT2D eigenvalue weighted by Crippen LogP contribution is -2.01. The Kier molecular flexibility index (Phi) is 3.32. The highest BCUT2D eigenvalue weighted by molar-refractivity contribution is 9.11. The second-order valence-corrected chi connectivity index (χ2v) is 2.78. The number of hydrogen-bond acceptors (Lipinski definition) is 0. The highest BCUT2D eigenvalue weighted by Crippen LogP contribution is 2.27. The van der Waals surface area contributed by atoms with Crippen molar-refractivity contribution in [3.8, 4) is 0 Å². The highest BCUT2D eigenvalue weighted by Gasteiger charge is 2.21. The Morgan fingerprint density at radius 2 is 2.00 bits per heavy atom. The van der Waals surface area contributed by atoms with Crippen LogP contribution in [0.3, 0.4) is 0 Å². The standard InChI is InChI=1S/C3H3Br2F2/c4-2-1-3(5,6)7/h2H,1H2. The molecule has 0 unspecified atom stereocenters. The second-order valence-electron chi connectivity index (χ2n) is 0.974. The minimum absolute atomic E-state index is 0.285. The summed E-state index contributed by atoms with van der Waals surface area (Å²) in [6, 6.07) is 0. The van der Waals surface area contributed by atoms with Crippen LogP contribution in [0.5, 0.6) is 0 Å². The summed E-state index contributed by atoms with van der Waals surface area (Å²) in [5.74, 6) is 0. The van der Waals surface area contributed by atoms with Crippen LogP contribution in [0, 0.1) is 5.33 Å². The minimum Gasteiger partial charge on any atom is -0.194 e. The van der Waals surface area contributed by atoms with E-state index in [4.69, 9.17) is 0 Å². The first-order valence-corrected chi connectivity index (χ1v) is 3.26. The summed E-state index contributed by atoms with van der Waals surface area (Å²) in [7, 11) is 0. The molecule has 0 rings (SSSR count). The fourth-order valence-electron chi connectivity index (χ4n) is 0.0875. The molecule has 0 aliphatic carbocycles. The third-order valence-electron chi connectivity index (χ3n) is 0.309. The molecule has 0 aliphatic rings. The largest absolute Gasteiger partial charge is 0.302 e. The maximum absolute atomic E-state index is 11.6. The molecule has 0 spiro atoms. The SMILES string of the molecule is FC(F)(Br)C[CH]Br. The van der Waals surface area contributed by atoms with Crippen LogP contribution in [0.15, 0.2) is 0 Å². The quantitative estimate of drug-likeness (QED) is 0.647. The van der Waals surface area contributed by atoms with Crippen molar-refractivity contribution in [3.63, 3.8) is 0 Å². The molecule has 1 radical (unpaired) electrons. The van der Waals surface area contributed by atoms with Gasteiger partial charge >= 0.3 is 4.83 Å². The van der Waals surface area contributed by atoms with Crippen LogP contribution in [-0.4, -0.2) is 4.83 Å². The predicted molar refractivity (Wildman–Crippen MR) is 31.7 cm³/mol. The molecular formula is C3H3Br2F2. The fraction of sp³-hybridized carbons (Fsp3) is 0.667. The second kappa shape index (κ2) is 2.97. The van der Waals surface area contributed by atoms with E-state index in [9.17, 15) is 8.78 Å². The van der Waals surface area contributed by atoms with Gasteiger partial charge in [-0.05, 0) is 15.9 Å². The lowest BCUT2D eigenvalue weighted by molar-refractivity contribution is 0.117. The molecule has 7 heavy (non-hydrogen) atoms. The number of halogens is 4. The Labute approximate surface area is 57.5 Å². The van der Waals surface area contributed by atoms with Crippen molar-refractivity contribution in [1.29, 1.82) is 0 Å². The Morgan fingerprint density at radius 1 is 1.57 bits per heavy atom. The normalized spacial score (nSPS) is 12.0. The molecule has 0 nitrogen and oxygen atoms in total. The van der Waals surface area contributed by atoms with E-state index in [1.54, 1.807) is 0 Å². The van der Waals surface area contributed by atoms with Gasteiger partial charge in [0, 0.05) is 11.8 Å². The molecule has 0 saturated heterocycles. The third kappa shape index (κ3) is 6.82. The van der Waals surface area contributed by atoms with Gasteiger partial charge < -0.3 is 0 Å². The van der Waals surface area contributed by atoms with Crippen LogP contribution in [0.4, 0.5) is 8.78 Å². The van der Waals surface area contributed by atoms with Crippen LogP contribution in [0.2, 0.25) is 0 Å². The van der Waals surface area contributed by atoms with E-state index in [0.29, 0.717) is 0 Å². The predicted octanol–water partition coefficient (Wildman–Crippen LogP) is 2.92. The number of hydrogen-bond donors (Lipinski definition) is 0. The average molecular weight is 237 g/mol. The molecule has 0 fully saturated rings. The Bertz CT molecular complexity index is 49.4. The summed E-state index contributed by atoms with van der Waals surface area (Å²) < 4.78 is 23.2. The van der Waals surface area contributed by atoms with E-state index in [2.05, 4.69) is 31.9 Å². The van der Waals surface area contributed by atoms with Crippen molar-refractivity contribution in [2.75, 3.05) is 0 Å². The summed E-state index contributed by atoms with van der Waals surface area (Å²) in [5, 5.41) is 1.22. The molecule has 0 saturated carbocycles. The average Bonchev–Trinajstić information content (AvgIpc) is 1.30. The maximum Gasteiger partial charge on any atom is 0.302 e. The van der Waals surface area contributed by atoms with E-state index >= 15 is 0 Å². The summed E-state index contributed by atoms with van der Waals surface area (Å²) in [6.45, 7) is 0. The summed E-state index contributed by atoms with van der Waals surface area (Å²) in [5.41, 5.74) is 0. The molecule has 0 aliphatic heterocycles. The maximum atomic E-state index is 11.6. The zero-order chi connectivity index (χ0) is 5.91. The molecule has 4 heteroatoms. The van der Waals surface area contributed by atoms with Gasteiger partial charge in [0.25, 0.3) is 0 Å². The van der Waals surface area contributed by atoms with Gasteiger partial charge in [-0.25, -0.2) is 0 Å². The zero-order valence-electron chi connectivity index (χ0n) is 3.30. The van der Waals surface area contributed by atoms with Crippen LogP contribution in [-0.2, 0) is 0 Å². The highest BCUT2D eigenvalue weighted by atomic mass is 79.9. The van der Waals surface area contributed by atoms with Crippen LogP contribution in [0.25, 0.3) is 0 Å². The van der Waals surface area contributed by atoms with Crippen molar-refractivity contribution >= 4 is 31.9 Å². The van der Waals surface area contributed by atoms with Gasteiger partial charge in [-0.1, -0.05) is 15.9 Å². The van der Waals surface area contributed by atoms with Crippen molar-refractivity contribution < 1.29 is 8.78 Å². The van der Waals surface area contributed by atoms with Crippen LogP contribution < -0.4 is 0 Å². The minimum atomic E-state index is -2.74. The van der Waals surface area contributed by atoms with Gasteiger partial charge in [-0.3, -0.25) is 0 Å². The van der Waals surface area contributed by atoms with Crippen molar-refractivity contribution in [2.24, 2.45) is 0 Å². The smallest absolute Gasteiger partial charge is 0.194 e. The molecule has 0 bridgehead atoms. The monoisotopic (exact) mass is 235 g/mol. The number of alkyl halides is 3. The molecule has 0 aromatic heterocycles. The molecule has 0 aromatic rings. The van der Waals surface area contributed by atoms with E-state index < -0.39 is 4.83 Å². The van der Waals surface area contributed by atoms with Gasteiger partial charge in [0.05, 0.1) is 0 Å². The summed E-state index contributed by atoms with van der Waals surface area (Å²) in [4.78, 5) is -2.74. The molecule has 0 atom stereocenters. The van der Waals surface area contributed by atoms with Gasteiger partial charge in [-0.2, -0.15) is 8.78 Å². The van der Waals surface area contributed by atoms with Crippen molar-refractivity contribution in [2.45, 2.75) is 11.3 Å². The van der Waals surface area contributed by atoms with Crippen molar-refractivity contribution in [3.05, 3.63) is 5.33 Å². The first-order chi connectivity index (χ1) is 3.06. The Balaban J connectivity index is 3.15. The van der Waals surface area contributed by atoms with E-state index in [1.165, 1.54) is 5.33 Å². The van der Waals surface area contributed by atoms with Gasteiger partial charge in [-0.15, -0.1) is 0 Å². The molecule has 0 heterocycles. The number of rotatable bonds is 2. The van der Waals surface area contributed by atoms with Crippen LogP contribution in [0.1, 0.15) is 6.42 Å². The topological polar surface area (TPSA) is 0 Å². The Hall–Kier alpha value is 0.820. The molecule has 0 aromatic carbocycles. The van der Waals surface area contributed by atoms with Gasteiger partial charge in [0.15, 0.2) is 0 Å². The van der Waals surface area contributed by atoms with E-state index in [-0.39, 0.29) is 6.42 Å². The summed E-state index contributed by atoms with van der Waals surface area (Å²) in [6.07, 6.45) is -0.285. The molecule has 43 valence electrons. The first kappa shape index (κ1) is 7.82. The lowest BCUT2D eigenvalue weighted by Gasteiger charge is -2.01. The fourth-order valence-corrected chi connectivity index (χ4v) is 1.09. The third-order valence-corrected chi connectivity index (χ3v) is 0.956.